The zero-order valence-electron chi connectivity index (χ0n) is 16.0. The Hall–Kier alpha value is -3.03. The van der Waals surface area contributed by atoms with Crippen molar-refractivity contribution in [1.82, 2.24) is 14.5 Å². The number of quaternary nitrogens is 1. The Morgan fingerprint density at radius 2 is 1.83 bits per heavy atom. The number of rotatable bonds is 4. The van der Waals surface area contributed by atoms with Crippen LogP contribution >= 0.6 is 11.3 Å². The van der Waals surface area contributed by atoms with Gasteiger partial charge in [-0.15, -0.1) is 11.3 Å². The van der Waals surface area contributed by atoms with Gasteiger partial charge in [-0.2, -0.15) is 0 Å². The van der Waals surface area contributed by atoms with Gasteiger partial charge in [0.25, 0.3) is 5.91 Å². The number of thiophene rings is 1. The van der Waals surface area contributed by atoms with Gasteiger partial charge in [-0.05, 0) is 29.7 Å². The fourth-order valence-corrected chi connectivity index (χ4v) is 4.83. The monoisotopic (exact) mass is 404 g/mol. The topological polar surface area (TPSA) is 55.5 Å². The number of carbonyl (C=O) groups is 1. The number of fused-ring (bicyclic) bond motifs is 1. The average Bonchev–Trinajstić information content (AvgIpc) is 3.44. The zero-order valence-corrected chi connectivity index (χ0v) is 16.8. The minimum absolute atomic E-state index is 0.146. The number of hydrogen-bond acceptors (Lipinski definition) is 5. The van der Waals surface area contributed by atoms with Gasteiger partial charge in [-0.1, -0.05) is 18.2 Å². The van der Waals surface area contributed by atoms with Crippen LogP contribution < -0.4 is 9.80 Å². The molecule has 1 aliphatic heterocycles. The first-order chi connectivity index (χ1) is 14.3. The van der Waals surface area contributed by atoms with Crippen LogP contribution in [0.1, 0.15) is 4.79 Å². The van der Waals surface area contributed by atoms with Crippen LogP contribution in [0.3, 0.4) is 0 Å². The quantitative estimate of drug-likeness (QED) is 0.567. The average molecular weight is 405 g/mol. The van der Waals surface area contributed by atoms with E-state index in [-0.39, 0.29) is 5.91 Å². The van der Waals surface area contributed by atoms with E-state index in [1.807, 2.05) is 24.5 Å². The predicted octanol–water partition coefficient (Wildman–Crippen LogP) is 2.21. The van der Waals surface area contributed by atoms with Crippen LogP contribution in [-0.4, -0.2) is 53.2 Å². The van der Waals surface area contributed by atoms with Gasteiger partial charge in [-0.3, -0.25) is 9.36 Å². The molecule has 0 bridgehead atoms. The lowest BCUT2D eigenvalue weighted by Gasteiger charge is -2.32. The maximum absolute atomic E-state index is 12.3. The lowest BCUT2D eigenvalue weighted by molar-refractivity contribution is -0.892. The fourth-order valence-electron chi connectivity index (χ4n) is 3.80. The van der Waals surface area contributed by atoms with Crippen molar-refractivity contribution in [2.45, 2.75) is 0 Å². The number of nitrogens with one attached hydrogen (secondary N) is 1. The van der Waals surface area contributed by atoms with Gasteiger partial charge < -0.3 is 9.80 Å². The molecule has 6 nitrogen and oxygen atoms in total. The SMILES string of the molecule is O=C(C[NH+]1CCN(c2cc(-c3cc4ccccc4s3)ncn2)CC1)n1cccc1. The van der Waals surface area contributed by atoms with E-state index in [0.29, 0.717) is 6.54 Å². The first-order valence-electron chi connectivity index (χ1n) is 9.82. The second-order valence-corrected chi connectivity index (χ2v) is 8.39. The Kier molecular flexibility index (Phi) is 4.83. The zero-order chi connectivity index (χ0) is 19.6. The van der Waals surface area contributed by atoms with Gasteiger partial charge in [0, 0.05) is 23.2 Å². The lowest BCUT2D eigenvalue weighted by Crippen LogP contribution is -3.15. The Bertz CT molecular complexity index is 1100. The van der Waals surface area contributed by atoms with E-state index >= 15 is 0 Å². The molecule has 4 heterocycles. The van der Waals surface area contributed by atoms with Gasteiger partial charge >= 0.3 is 0 Å². The molecule has 1 fully saturated rings. The van der Waals surface area contributed by atoms with Crippen LogP contribution in [0.5, 0.6) is 0 Å². The normalized spacial score (nSPS) is 15.1. The fraction of sp³-hybridized carbons (Fsp3) is 0.227. The smallest absolute Gasteiger partial charge is 0.285 e. The highest BCUT2D eigenvalue weighted by molar-refractivity contribution is 7.22. The largest absolute Gasteiger partial charge is 0.345 e. The molecule has 0 amide bonds. The Labute approximate surface area is 173 Å². The number of piperazine rings is 1. The summed E-state index contributed by atoms with van der Waals surface area (Å²) in [5, 5.41) is 1.25. The standard InChI is InChI=1S/C22H21N5OS/c28-22(27-7-3-4-8-27)15-25-9-11-26(12-10-25)21-14-18(23-16-24-21)20-13-17-5-1-2-6-19(17)29-20/h1-8,13-14,16H,9-12,15H2/p+1. The summed E-state index contributed by atoms with van der Waals surface area (Å²) < 4.78 is 2.94. The molecule has 3 aromatic heterocycles. The first kappa shape index (κ1) is 18.0. The number of benzene rings is 1. The summed E-state index contributed by atoms with van der Waals surface area (Å²) in [6.07, 6.45) is 5.28. The van der Waals surface area contributed by atoms with Gasteiger partial charge in [0.05, 0.1) is 36.8 Å². The Morgan fingerprint density at radius 3 is 2.62 bits per heavy atom. The lowest BCUT2D eigenvalue weighted by atomic mass is 10.2. The van der Waals surface area contributed by atoms with E-state index in [1.54, 1.807) is 22.2 Å². The molecule has 0 atom stereocenters. The molecule has 5 rings (SSSR count). The van der Waals surface area contributed by atoms with Gasteiger partial charge in [0.1, 0.15) is 12.1 Å². The molecule has 1 N–H and O–H groups in total. The maximum Gasteiger partial charge on any atom is 0.285 e. The van der Waals surface area contributed by atoms with Crippen molar-refractivity contribution < 1.29 is 9.69 Å². The summed E-state index contributed by atoms with van der Waals surface area (Å²) in [6.45, 7) is 4.15. The van der Waals surface area contributed by atoms with E-state index < -0.39 is 0 Å². The molecule has 1 aliphatic rings. The van der Waals surface area contributed by atoms with Crippen molar-refractivity contribution in [1.29, 1.82) is 0 Å². The molecule has 0 aliphatic carbocycles. The third-order valence-electron chi connectivity index (χ3n) is 5.42. The second-order valence-electron chi connectivity index (χ2n) is 7.31. The van der Waals surface area contributed by atoms with E-state index in [4.69, 9.17) is 0 Å². The molecule has 0 radical (unpaired) electrons. The number of nitrogens with zero attached hydrogens (tertiary/aromatic N) is 4. The van der Waals surface area contributed by atoms with Crippen molar-refractivity contribution in [3.05, 3.63) is 67.3 Å². The van der Waals surface area contributed by atoms with Crippen molar-refractivity contribution in [3.8, 4) is 10.6 Å². The second kappa shape index (κ2) is 7.77. The van der Waals surface area contributed by atoms with Crippen LogP contribution in [0.15, 0.2) is 67.3 Å². The van der Waals surface area contributed by atoms with Crippen molar-refractivity contribution in [3.63, 3.8) is 0 Å². The summed E-state index contributed by atoms with van der Waals surface area (Å²) in [7, 11) is 0. The maximum atomic E-state index is 12.3. The van der Waals surface area contributed by atoms with E-state index in [2.05, 4.69) is 51.3 Å². The molecule has 1 aromatic carbocycles. The first-order valence-corrected chi connectivity index (χ1v) is 10.6. The summed E-state index contributed by atoms with van der Waals surface area (Å²) in [5.74, 6) is 1.11. The molecule has 29 heavy (non-hydrogen) atoms. The summed E-state index contributed by atoms with van der Waals surface area (Å²) in [5.41, 5.74) is 0.966. The third-order valence-corrected chi connectivity index (χ3v) is 6.56. The molecule has 146 valence electrons. The van der Waals surface area contributed by atoms with Gasteiger partial charge in [0.15, 0.2) is 6.54 Å². The van der Waals surface area contributed by atoms with Gasteiger partial charge in [0.2, 0.25) is 0 Å². The molecule has 1 saturated heterocycles. The van der Waals surface area contributed by atoms with Crippen LogP contribution in [0.4, 0.5) is 5.82 Å². The Morgan fingerprint density at radius 1 is 1.03 bits per heavy atom. The van der Waals surface area contributed by atoms with Crippen molar-refractivity contribution in [2.24, 2.45) is 0 Å². The van der Waals surface area contributed by atoms with Crippen LogP contribution in [-0.2, 0) is 0 Å². The van der Waals surface area contributed by atoms with E-state index in [9.17, 15) is 4.79 Å². The molecule has 0 unspecified atom stereocenters. The third kappa shape index (κ3) is 3.79. The molecular weight excluding hydrogens is 382 g/mol. The predicted molar refractivity (Wildman–Crippen MR) is 116 cm³/mol. The highest BCUT2D eigenvalue weighted by atomic mass is 32.1. The minimum Gasteiger partial charge on any atom is -0.345 e. The number of anilines is 1. The number of aromatic nitrogens is 3. The highest BCUT2D eigenvalue weighted by Crippen LogP contribution is 2.33. The van der Waals surface area contributed by atoms with Crippen LogP contribution in [0, 0.1) is 0 Å². The van der Waals surface area contributed by atoms with Crippen molar-refractivity contribution >= 4 is 33.1 Å². The van der Waals surface area contributed by atoms with Crippen molar-refractivity contribution in [2.75, 3.05) is 37.6 Å². The molecule has 7 heteroatoms. The Balaban J connectivity index is 1.26. The van der Waals surface area contributed by atoms with E-state index in [1.165, 1.54) is 15.0 Å². The van der Waals surface area contributed by atoms with E-state index in [0.717, 1.165) is 42.6 Å². The minimum atomic E-state index is 0.146. The number of carbonyl (C=O) groups excluding carboxylic acids is 1. The molecule has 0 spiro atoms. The number of hydrogen-bond donors (Lipinski definition) is 1. The summed E-state index contributed by atoms with van der Waals surface area (Å²) in [6, 6.07) is 16.5. The highest BCUT2D eigenvalue weighted by Gasteiger charge is 2.23. The summed E-state index contributed by atoms with van der Waals surface area (Å²) >= 11 is 1.76. The molecule has 0 saturated carbocycles. The van der Waals surface area contributed by atoms with Crippen LogP contribution in [0.2, 0.25) is 0 Å². The van der Waals surface area contributed by atoms with Gasteiger partial charge in [-0.25, -0.2) is 9.97 Å². The molecular formula is C22H22N5OS+. The molecule has 4 aromatic rings. The van der Waals surface area contributed by atoms with Crippen LogP contribution in [0.25, 0.3) is 20.7 Å². The summed E-state index contributed by atoms with van der Waals surface area (Å²) in [4.78, 5) is 26.1.